The summed E-state index contributed by atoms with van der Waals surface area (Å²) in [6.07, 6.45) is 1.76. The van der Waals surface area contributed by atoms with Crippen molar-refractivity contribution in [1.29, 1.82) is 0 Å². The van der Waals surface area contributed by atoms with Gasteiger partial charge in [0, 0.05) is 18.8 Å². The van der Waals surface area contributed by atoms with Crippen LogP contribution in [0.25, 0.3) is 0 Å². The molecule has 0 bridgehead atoms. The molecule has 10 nitrogen and oxygen atoms in total. The highest BCUT2D eigenvalue weighted by atomic mass is 32.2. The van der Waals surface area contributed by atoms with Crippen LogP contribution in [0.5, 0.6) is 0 Å². The summed E-state index contributed by atoms with van der Waals surface area (Å²) in [5, 5.41) is 7.44. The third kappa shape index (κ3) is 6.27. The number of rotatable bonds is 6. The average Bonchev–Trinajstić information content (AvgIpc) is 2.58. The first-order valence-corrected chi connectivity index (χ1v) is 11.4. The van der Waals surface area contributed by atoms with E-state index in [9.17, 15) is 26.4 Å². The summed E-state index contributed by atoms with van der Waals surface area (Å²) in [7, 11) is -7.18. The predicted molar refractivity (Wildman–Crippen MR) is 96.5 cm³/mol. The first-order valence-electron chi connectivity index (χ1n) is 8.01. The van der Waals surface area contributed by atoms with Gasteiger partial charge in [0.25, 0.3) is 5.91 Å². The molecule has 0 radical (unpaired) electrons. The minimum absolute atomic E-state index is 0.157. The van der Waals surface area contributed by atoms with E-state index in [1.54, 1.807) is 0 Å². The highest BCUT2D eigenvalue weighted by Gasteiger charge is 2.30. The molecule has 1 aliphatic rings. The number of carbonyl (C=O) groups is 2. The zero-order valence-electron chi connectivity index (χ0n) is 14.6. The van der Waals surface area contributed by atoms with E-state index in [-0.39, 0.29) is 23.7 Å². The second kappa shape index (κ2) is 8.33. The number of hydrogen-bond donors (Lipinski definition) is 2. The van der Waals surface area contributed by atoms with E-state index in [1.165, 1.54) is 28.6 Å². The Hall–Kier alpha value is -2.02. The maximum Gasteiger partial charge on any atom is 0.309 e. The Morgan fingerprint density at radius 3 is 2.41 bits per heavy atom. The monoisotopic (exact) mass is 419 g/mol. The molecule has 0 spiro atoms. The number of primary sulfonamides is 1. The molecule has 0 saturated carbocycles. The molecular weight excluding hydrogens is 398 g/mol. The van der Waals surface area contributed by atoms with Gasteiger partial charge in [-0.2, -0.15) is 0 Å². The number of amides is 1. The topological polar surface area (TPSA) is 153 Å². The minimum atomic E-state index is -3.90. The maximum atomic E-state index is 12.0. The summed E-state index contributed by atoms with van der Waals surface area (Å²) in [6, 6.07) is 5.36. The summed E-state index contributed by atoms with van der Waals surface area (Å²) < 4.78 is 51.8. The van der Waals surface area contributed by atoms with E-state index in [0.29, 0.717) is 12.8 Å². The zero-order chi connectivity index (χ0) is 20.2. The molecular formula is C15H21N3O7S2. The normalized spacial score (nSPS) is 16.7. The number of nitrogens with one attached hydrogen (secondary N) is 1. The summed E-state index contributed by atoms with van der Waals surface area (Å²) in [4.78, 5) is 23.8. The number of esters is 1. The average molecular weight is 419 g/mol. The zero-order valence-corrected chi connectivity index (χ0v) is 16.3. The quantitative estimate of drug-likeness (QED) is 0.589. The van der Waals surface area contributed by atoms with E-state index in [1.807, 2.05) is 0 Å². The number of nitrogens with two attached hydrogens (primary N) is 1. The van der Waals surface area contributed by atoms with Crippen molar-refractivity contribution in [3.8, 4) is 0 Å². The van der Waals surface area contributed by atoms with Gasteiger partial charge < -0.3 is 10.1 Å². The lowest BCUT2D eigenvalue weighted by Crippen LogP contribution is -2.40. The van der Waals surface area contributed by atoms with Gasteiger partial charge in [0.05, 0.1) is 17.1 Å². The molecule has 150 valence electrons. The van der Waals surface area contributed by atoms with E-state index in [4.69, 9.17) is 9.88 Å². The largest absolute Gasteiger partial charge is 0.455 e. The van der Waals surface area contributed by atoms with Gasteiger partial charge in [0.2, 0.25) is 20.0 Å². The first kappa shape index (κ1) is 21.3. The van der Waals surface area contributed by atoms with Gasteiger partial charge in [-0.25, -0.2) is 26.3 Å². The number of nitrogens with zero attached hydrogens (tertiary/aromatic N) is 1. The molecule has 3 N–H and O–H groups in total. The lowest BCUT2D eigenvalue weighted by Gasteiger charge is -2.28. The van der Waals surface area contributed by atoms with Crippen molar-refractivity contribution in [2.24, 2.45) is 11.1 Å². The van der Waals surface area contributed by atoms with Gasteiger partial charge in [-0.3, -0.25) is 9.59 Å². The van der Waals surface area contributed by atoms with Crippen LogP contribution in [0.4, 0.5) is 5.69 Å². The van der Waals surface area contributed by atoms with Crippen LogP contribution in [-0.2, 0) is 34.4 Å². The van der Waals surface area contributed by atoms with E-state index >= 15 is 0 Å². The van der Waals surface area contributed by atoms with Crippen LogP contribution >= 0.6 is 0 Å². The fraction of sp³-hybridized carbons (Fsp3) is 0.467. The Balaban J connectivity index is 1.83. The number of carbonyl (C=O) groups excluding carboxylic acids is 2. The molecule has 0 aliphatic carbocycles. The molecule has 12 heteroatoms. The summed E-state index contributed by atoms with van der Waals surface area (Å²) in [5.41, 5.74) is 0.198. The number of sulfonamides is 2. The number of piperidine rings is 1. The Morgan fingerprint density at radius 1 is 1.22 bits per heavy atom. The van der Waals surface area contributed by atoms with Gasteiger partial charge in [0.15, 0.2) is 6.61 Å². The second-order valence-corrected chi connectivity index (χ2v) is 9.71. The molecule has 0 unspecified atom stereocenters. The Bertz CT molecular complexity index is 920. The predicted octanol–water partition coefficient (Wildman–Crippen LogP) is -0.513. The van der Waals surface area contributed by atoms with Crippen molar-refractivity contribution in [3.63, 3.8) is 0 Å². The highest BCUT2D eigenvalue weighted by Crippen LogP contribution is 2.20. The lowest BCUT2D eigenvalue weighted by molar-refractivity contribution is -0.152. The SMILES string of the molecule is CS(=O)(=O)N1CCC(C(=O)OCC(=O)Nc2cccc(S(N)(=O)=O)c2)CC1. The Kier molecular flexibility index (Phi) is 6.57. The molecule has 27 heavy (non-hydrogen) atoms. The lowest BCUT2D eigenvalue weighted by atomic mass is 9.98. The van der Waals surface area contributed by atoms with Crippen molar-refractivity contribution < 1.29 is 31.2 Å². The molecule has 1 heterocycles. The fourth-order valence-electron chi connectivity index (χ4n) is 2.63. The fourth-order valence-corrected chi connectivity index (χ4v) is 4.06. The van der Waals surface area contributed by atoms with Gasteiger partial charge in [0.1, 0.15) is 0 Å². The van der Waals surface area contributed by atoms with Crippen molar-refractivity contribution in [2.75, 3.05) is 31.3 Å². The maximum absolute atomic E-state index is 12.0. The van der Waals surface area contributed by atoms with Crippen LogP contribution in [-0.4, -0.2) is 59.0 Å². The summed E-state index contributed by atoms with van der Waals surface area (Å²) >= 11 is 0. The molecule has 0 aromatic heterocycles. The molecule has 1 amide bonds. The highest BCUT2D eigenvalue weighted by molar-refractivity contribution is 7.89. The van der Waals surface area contributed by atoms with E-state index < -0.39 is 44.4 Å². The van der Waals surface area contributed by atoms with E-state index in [2.05, 4.69) is 5.32 Å². The van der Waals surface area contributed by atoms with Crippen LogP contribution in [0.3, 0.4) is 0 Å². The number of benzene rings is 1. The van der Waals surface area contributed by atoms with Crippen molar-refractivity contribution in [1.82, 2.24) is 4.31 Å². The van der Waals surface area contributed by atoms with Gasteiger partial charge in [-0.05, 0) is 31.0 Å². The van der Waals surface area contributed by atoms with Crippen molar-refractivity contribution in [3.05, 3.63) is 24.3 Å². The number of hydrogen-bond acceptors (Lipinski definition) is 7. The van der Waals surface area contributed by atoms with Crippen LogP contribution in [0.1, 0.15) is 12.8 Å². The standard InChI is InChI=1S/C15H21N3O7S2/c1-26(21,22)18-7-5-11(6-8-18)15(20)25-10-14(19)17-12-3-2-4-13(9-12)27(16,23)24/h2-4,9,11H,5-8,10H2,1H3,(H,17,19)(H2,16,23,24). The Labute approximate surface area is 157 Å². The van der Waals surface area contributed by atoms with Crippen LogP contribution in [0, 0.1) is 5.92 Å². The number of anilines is 1. The van der Waals surface area contributed by atoms with Crippen molar-refractivity contribution in [2.45, 2.75) is 17.7 Å². The molecule has 2 rings (SSSR count). The van der Waals surface area contributed by atoms with Crippen molar-refractivity contribution >= 4 is 37.6 Å². The molecule has 0 atom stereocenters. The molecule has 1 aliphatic heterocycles. The molecule has 1 aromatic carbocycles. The number of ether oxygens (including phenoxy) is 1. The Morgan fingerprint density at radius 2 is 1.85 bits per heavy atom. The smallest absolute Gasteiger partial charge is 0.309 e. The van der Waals surface area contributed by atoms with E-state index in [0.717, 1.165) is 6.26 Å². The van der Waals surface area contributed by atoms with Gasteiger partial charge >= 0.3 is 5.97 Å². The van der Waals surface area contributed by atoms with Gasteiger partial charge in [-0.1, -0.05) is 6.07 Å². The third-order valence-corrected chi connectivity index (χ3v) is 6.26. The van der Waals surface area contributed by atoms with Crippen LogP contribution in [0.2, 0.25) is 0 Å². The second-order valence-electron chi connectivity index (χ2n) is 6.17. The van der Waals surface area contributed by atoms with Crippen LogP contribution in [0.15, 0.2) is 29.2 Å². The molecule has 1 aromatic rings. The molecule has 1 fully saturated rings. The molecule has 1 saturated heterocycles. The summed E-state index contributed by atoms with van der Waals surface area (Å²) in [5.74, 6) is -1.68. The minimum Gasteiger partial charge on any atom is -0.455 e. The summed E-state index contributed by atoms with van der Waals surface area (Å²) in [6.45, 7) is -0.0823. The third-order valence-electron chi connectivity index (χ3n) is 4.05. The van der Waals surface area contributed by atoms with Gasteiger partial charge in [-0.15, -0.1) is 0 Å². The first-order chi connectivity index (χ1) is 12.5. The van der Waals surface area contributed by atoms with Crippen LogP contribution < -0.4 is 10.5 Å².